The smallest absolute Gasteiger partial charge is 0.313 e. The summed E-state index contributed by atoms with van der Waals surface area (Å²) in [4.78, 5) is 12.3. The second kappa shape index (κ2) is 7.87. The van der Waals surface area contributed by atoms with Crippen molar-refractivity contribution in [2.45, 2.75) is 19.3 Å². The number of halogens is 3. The molecule has 2 aromatic carbocycles. The van der Waals surface area contributed by atoms with Gasteiger partial charge in [0, 0.05) is 15.1 Å². The first-order valence-electron chi connectivity index (χ1n) is 6.88. The molecule has 0 radical (unpaired) electrons. The monoisotopic (exact) mass is 356 g/mol. The van der Waals surface area contributed by atoms with Crippen molar-refractivity contribution < 1.29 is 9.53 Å². The molecular weight excluding hydrogens is 343 g/mol. The van der Waals surface area contributed by atoms with Gasteiger partial charge in [-0.1, -0.05) is 53.0 Å². The van der Waals surface area contributed by atoms with E-state index in [0.717, 1.165) is 11.1 Å². The van der Waals surface area contributed by atoms with Gasteiger partial charge in [0.1, 0.15) is 0 Å². The Morgan fingerprint density at radius 1 is 1.05 bits per heavy atom. The minimum Gasteiger partial charge on any atom is -0.466 e. The van der Waals surface area contributed by atoms with Crippen molar-refractivity contribution in [1.29, 1.82) is 0 Å². The Morgan fingerprint density at radius 3 is 2.18 bits per heavy atom. The number of rotatable bonds is 5. The van der Waals surface area contributed by atoms with Gasteiger partial charge in [0.25, 0.3) is 0 Å². The molecule has 0 aliphatic carbocycles. The predicted molar refractivity (Wildman–Crippen MR) is 91.0 cm³/mol. The Hall–Kier alpha value is -1.22. The highest BCUT2D eigenvalue weighted by Crippen LogP contribution is 2.31. The fourth-order valence-corrected chi connectivity index (χ4v) is 2.88. The number of benzene rings is 2. The average molecular weight is 358 g/mol. The van der Waals surface area contributed by atoms with Crippen LogP contribution in [0.1, 0.15) is 24.0 Å². The molecule has 0 saturated heterocycles. The lowest BCUT2D eigenvalue weighted by Gasteiger charge is -2.17. The lowest BCUT2D eigenvalue weighted by Crippen LogP contribution is -2.18. The number of hydrogen-bond donors (Lipinski definition) is 0. The minimum atomic E-state index is -0.477. The van der Waals surface area contributed by atoms with E-state index in [2.05, 4.69) is 0 Å². The summed E-state index contributed by atoms with van der Waals surface area (Å²) < 4.78 is 5.18. The first kappa shape index (κ1) is 17.1. The Bertz CT molecular complexity index is 633. The maximum atomic E-state index is 12.3. The fraction of sp³-hybridized carbons (Fsp3) is 0.235. The molecule has 0 heterocycles. The van der Waals surface area contributed by atoms with Crippen LogP contribution in [0, 0.1) is 0 Å². The van der Waals surface area contributed by atoms with Crippen LogP contribution in [0.25, 0.3) is 0 Å². The lowest BCUT2D eigenvalue weighted by atomic mass is 9.92. The van der Waals surface area contributed by atoms with Crippen LogP contribution in [0.3, 0.4) is 0 Å². The maximum Gasteiger partial charge on any atom is 0.313 e. The van der Waals surface area contributed by atoms with Crippen molar-refractivity contribution >= 4 is 40.8 Å². The summed E-state index contributed by atoms with van der Waals surface area (Å²) in [6, 6.07) is 12.4. The zero-order valence-corrected chi connectivity index (χ0v) is 14.3. The Kier molecular flexibility index (Phi) is 6.13. The molecule has 2 rings (SSSR count). The molecule has 22 heavy (non-hydrogen) atoms. The quantitative estimate of drug-likeness (QED) is 0.657. The average Bonchev–Trinajstić information content (AvgIpc) is 2.48. The van der Waals surface area contributed by atoms with Crippen LogP contribution in [0.2, 0.25) is 15.1 Å². The Morgan fingerprint density at radius 2 is 1.64 bits per heavy atom. The van der Waals surface area contributed by atoms with Crippen LogP contribution in [0.5, 0.6) is 0 Å². The first-order valence-corrected chi connectivity index (χ1v) is 8.01. The highest BCUT2D eigenvalue weighted by molar-refractivity contribution is 6.36. The molecule has 0 bridgehead atoms. The standard InChI is InChI=1S/C17H15Cl3O2/c1-2-22-17(21)13(11-6-8-12(18)9-7-11)10-14-15(19)4-3-5-16(14)20/h3-9,13H,2,10H2,1H3/t13-/m0/s1. The van der Waals surface area contributed by atoms with E-state index in [1.807, 2.05) is 12.1 Å². The van der Waals surface area contributed by atoms with E-state index < -0.39 is 5.92 Å². The van der Waals surface area contributed by atoms with E-state index in [9.17, 15) is 4.79 Å². The Labute approximate surface area is 144 Å². The molecule has 0 amide bonds. The van der Waals surface area contributed by atoms with E-state index in [4.69, 9.17) is 39.5 Å². The van der Waals surface area contributed by atoms with Crippen molar-refractivity contribution in [3.8, 4) is 0 Å². The van der Waals surface area contributed by atoms with Gasteiger partial charge >= 0.3 is 5.97 Å². The summed E-state index contributed by atoms with van der Waals surface area (Å²) >= 11 is 18.3. The normalized spacial score (nSPS) is 12.0. The molecule has 116 valence electrons. The minimum absolute atomic E-state index is 0.305. The summed E-state index contributed by atoms with van der Waals surface area (Å²) in [7, 11) is 0. The fourth-order valence-electron chi connectivity index (χ4n) is 2.21. The molecule has 5 heteroatoms. The number of carbonyl (C=O) groups is 1. The zero-order valence-electron chi connectivity index (χ0n) is 12.0. The van der Waals surface area contributed by atoms with Gasteiger partial charge in [-0.25, -0.2) is 0 Å². The highest BCUT2D eigenvalue weighted by atomic mass is 35.5. The summed E-state index contributed by atoms with van der Waals surface area (Å²) in [5, 5.41) is 1.69. The second-order valence-corrected chi connectivity index (χ2v) is 6.01. The maximum absolute atomic E-state index is 12.3. The van der Waals surface area contributed by atoms with Gasteiger partial charge in [-0.05, 0) is 48.7 Å². The van der Waals surface area contributed by atoms with Gasteiger partial charge in [0.2, 0.25) is 0 Å². The summed E-state index contributed by atoms with van der Waals surface area (Å²) in [5.41, 5.74) is 1.55. The molecule has 0 spiro atoms. The number of hydrogen-bond acceptors (Lipinski definition) is 2. The molecule has 1 atom stereocenters. The molecule has 2 aromatic rings. The van der Waals surface area contributed by atoms with Crippen molar-refractivity contribution in [2.75, 3.05) is 6.61 Å². The largest absolute Gasteiger partial charge is 0.466 e. The molecule has 2 nitrogen and oxygen atoms in total. The molecule has 0 aliphatic rings. The zero-order chi connectivity index (χ0) is 16.1. The van der Waals surface area contributed by atoms with Crippen molar-refractivity contribution in [2.24, 2.45) is 0 Å². The molecule has 0 aliphatic heterocycles. The van der Waals surface area contributed by atoms with E-state index in [1.54, 1.807) is 37.3 Å². The van der Waals surface area contributed by atoms with Crippen LogP contribution < -0.4 is 0 Å². The second-order valence-electron chi connectivity index (χ2n) is 4.76. The third-order valence-corrected chi connectivity index (χ3v) is 4.27. The van der Waals surface area contributed by atoms with Crippen LogP contribution in [0.15, 0.2) is 42.5 Å². The predicted octanol–water partition coefficient (Wildman–Crippen LogP) is 5.54. The molecular formula is C17H15Cl3O2. The van der Waals surface area contributed by atoms with Gasteiger partial charge < -0.3 is 4.74 Å². The number of carbonyl (C=O) groups excluding carboxylic acids is 1. The van der Waals surface area contributed by atoms with E-state index in [-0.39, 0.29) is 5.97 Å². The SMILES string of the molecule is CCOC(=O)[C@@H](Cc1c(Cl)cccc1Cl)c1ccc(Cl)cc1. The molecule has 0 fully saturated rings. The third kappa shape index (κ3) is 4.16. The van der Waals surface area contributed by atoms with Crippen LogP contribution >= 0.6 is 34.8 Å². The van der Waals surface area contributed by atoms with Gasteiger partial charge in [0.05, 0.1) is 12.5 Å². The molecule has 0 aromatic heterocycles. The number of ether oxygens (including phenoxy) is 1. The molecule has 0 N–H and O–H groups in total. The summed E-state index contributed by atoms with van der Waals surface area (Å²) in [6.07, 6.45) is 0.374. The van der Waals surface area contributed by atoms with Crippen molar-refractivity contribution in [3.63, 3.8) is 0 Å². The summed E-state index contributed by atoms with van der Waals surface area (Å²) in [6.45, 7) is 2.10. The third-order valence-electron chi connectivity index (χ3n) is 3.31. The van der Waals surface area contributed by atoms with Crippen LogP contribution in [0.4, 0.5) is 0 Å². The summed E-state index contributed by atoms with van der Waals surface area (Å²) in [5.74, 6) is -0.782. The molecule has 0 saturated carbocycles. The van der Waals surface area contributed by atoms with E-state index in [0.29, 0.717) is 28.1 Å². The van der Waals surface area contributed by atoms with Gasteiger partial charge in [0.15, 0.2) is 0 Å². The topological polar surface area (TPSA) is 26.3 Å². The van der Waals surface area contributed by atoms with Crippen LogP contribution in [-0.4, -0.2) is 12.6 Å². The van der Waals surface area contributed by atoms with E-state index in [1.165, 1.54) is 0 Å². The highest BCUT2D eigenvalue weighted by Gasteiger charge is 2.24. The number of esters is 1. The Balaban J connectivity index is 2.36. The van der Waals surface area contributed by atoms with Crippen LogP contribution in [-0.2, 0) is 16.0 Å². The first-order chi connectivity index (χ1) is 10.5. The van der Waals surface area contributed by atoms with Gasteiger partial charge in [-0.3, -0.25) is 4.79 Å². The van der Waals surface area contributed by atoms with Gasteiger partial charge in [-0.15, -0.1) is 0 Å². The van der Waals surface area contributed by atoms with E-state index >= 15 is 0 Å². The van der Waals surface area contributed by atoms with Crippen molar-refractivity contribution in [1.82, 2.24) is 0 Å². The van der Waals surface area contributed by atoms with Crippen molar-refractivity contribution in [3.05, 3.63) is 68.7 Å². The lowest BCUT2D eigenvalue weighted by molar-refractivity contribution is -0.144. The van der Waals surface area contributed by atoms with Gasteiger partial charge in [-0.2, -0.15) is 0 Å². The molecule has 0 unspecified atom stereocenters.